The first kappa shape index (κ1) is 8.23. The van der Waals surface area contributed by atoms with Crippen molar-refractivity contribution in [2.45, 2.75) is 13.5 Å². The van der Waals surface area contributed by atoms with E-state index in [1.807, 2.05) is 13.1 Å². The van der Waals surface area contributed by atoms with Crippen molar-refractivity contribution >= 4 is 0 Å². The Kier molecular flexibility index (Phi) is 3.07. The fourth-order valence-corrected chi connectivity index (χ4v) is 0.879. The molecule has 0 unspecified atom stereocenters. The maximum atomic E-state index is 5.32. The van der Waals surface area contributed by atoms with Gasteiger partial charge < -0.3 is 11.1 Å². The summed E-state index contributed by atoms with van der Waals surface area (Å²) in [6, 6.07) is 0. The van der Waals surface area contributed by atoms with Crippen LogP contribution in [0.3, 0.4) is 0 Å². The number of hydrogen-bond acceptors (Lipinski definition) is 3. The van der Waals surface area contributed by atoms with Crippen LogP contribution in [0.15, 0.2) is 6.20 Å². The van der Waals surface area contributed by atoms with Gasteiger partial charge in [-0.05, 0) is 6.92 Å². The van der Waals surface area contributed by atoms with E-state index >= 15 is 0 Å². The van der Waals surface area contributed by atoms with E-state index in [1.54, 1.807) is 0 Å². The molecule has 0 atom stereocenters. The standard InChI is InChI=1S/C7H14N4/c1-6-7(5-10-11-6)4-9-3-2-8/h5,9H,2-4,8H2,1H3,(H,10,11). The summed E-state index contributed by atoms with van der Waals surface area (Å²) in [6.45, 7) is 4.38. The van der Waals surface area contributed by atoms with E-state index in [0.29, 0.717) is 6.54 Å². The van der Waals surface area contributed by atoms with Gasteiger partial charge in [0, 0.05) is 30.9 Å². The van der Waals surface area contributed by atoms with Gasteiger partial charge in [-0.2, -0.15) is 5.10 Å². The predicted octanol–water partition coefficient (Wildman–Crippen LogP) is -0.234. The molecule has 0 amide bonds. The van der Waals surface area contributed by atoms with Gasteiger partial charge in [-0.1, -0.05) is 0 Å². The zero-order chi connectivity index (χ0) is 8.10. The summed E-state index contributed by atoms with van der Waals surface area (Å²) in [5.74, 6) is 0. The minimum atomic E-state index is 0.677. The lowest BCUT2D eigenvalue weighted by Gasteiger charge is -1.99. The molecule has 0 radical (unpaired) electrons. The van der Waals surface area contributed by atoms with Crippen molar-refractivity contribution in [3.63, 3.8) is 0 Å². The molecule has 1 aromatic rings. The van der Waals surface area contributed by atoms with E-state index in [4.69, 9.17) is 5.73 Å². The molecule has 11 heavy (non-hydrogen) atoms. The Hall–Kier alpha value is -0.870. The summed E-state index contributed by atoms with van der Waals surface area (Å²) < 4.78 is 0. The summed E-state index contributed by atoms with van der Waals surface area (Å²) in [5, 5.41) is 9.97. The van der Waals surface area contributed by atoms with E-state index in [-0.39, 0.29) is 0 Å². The summed E-state index contributed by atoms with van der Waals surface area (Å²) in [6.07, 6.45) is 1.83. The van der Waals surface area contributed by atoms with Crippen LogP contribution in [0.25, 0.3) is 0 Å². The van der Waals surface area contributed by atoms with Crippen LogP contribution in [0.1, 0.15) is 11.3 Å². The fourth-order valence-electron chi connectivity index (χ4n) is 0.879. The molecule has 4 nitrogen and oxygen atoms in total. The SMILES string of the molecule is Cc1[nH]ncc1CNCCN. The summed E-state index contributed by atoms with van der Waals surface area (Å²) in [7, 11) is 0. The molecule has 0 saturated carbocycles. The van der Waals surface area contributed by atoms with Crippen LogP contribution < -0.4 is 11.1 Å². The van der Waals surface area contributed by atoms with E-state index < -0.39 is 0 Å². The van der Waals surface area contributed by atoms with Crippen molar-refractivity contribution in [2.75, 3.05) is 13.1 Å². The van der Waals surface area contributed by atoms with Crippen LogP contribution in [-0.2, 0) is 6.54 Å². The van der Waals surface area contributed by atoms with Gasteiger partial charge in [-0.15, -0.1) is 0 Å². The maximum absolute atomic E-state index is 5.32. The number of nitrogens with zero attached hydrogens (tertiary/aromatic N) is 1. The molecule has 4 heteroatoms. The van der Waals surface area contributed by atoms with Crippen LogP contribution in [0.2, 0.25) is 0 Å². The average Bonchev–Trinajstić information content (AvgIpc) is 2.37. The number of hydrogen-bond donors (Lipinski definition) is 3. The van der Waals surface area contributed by atoms with Gasteiger partial charge in [0.05, 0.1) is 6.20 Å². The molecule has 0 fully saturated rings. The monoisotopic (exact) mass is 154 g/mol. The Morgan fingerprint density at radius 1 is 1.73 bits per heavy atom. The Labute approximate surface area is 66.2 Å². The highest BCUT2D eigenvalue weighted by molar-refractivity contribution is 5.13. The molecule has 4 N–H and O–H groups in total. The summed E-state index contributed by atoms with van der Waals surface area (Å²) in [4.78, 5) is 0. The van der Waals surface area contributed by atoms with Gasteiger partial charge in [0.2, 0.25) is 0 Å². The highest BCUT2D eigenvalue weighted by Gasteiger charge is 1.97. The topological polar surface area (TPSA) is 66.7 Å². The zero-order valence-corrected chi connectivity index (χ0v) is 6.72. The van der Waals surface area contributed by atoms with E-state index in [1.165, 1.54) is 5.56 Å². The lowest BCUT2D eigenvalue weighted by molar-refractivity contribution is 0.692. The molecule has 1 heterocycles. The Morgan fingerprint density at radius 3 is 3.09 bits per heavy atom. The Balaban J connectivity index is 2.32. The number of aromatic amines is 1. The van der Waals surface area contributed by atoms with Gasteiger partial charge in [0.25, 0.3) is 0 Å². The highest BCUT2D eigenvalue weighted by atomic mass is 15.1. The quantitative estimate of drug-likeness (QED) is 0.525. The molecule has 0 aliphatic heterocycles. The largest absolute Gasteiger partial charge is 0.329 e. The molecule has 0 bridgehead atoms. The Bertz CT molecular complexity index is 206. The van der Waals surface area contributed by atoms with Crippen molar-refractivity contribution in [2.24, 2.45) is 5.73 Å². The Morgan fingerprint density at radius 2 is 2.55 bits per heavy atom. The van der Waals surface area contributed by atoms with Crippen molar-refractivity contribution in [1.29, 1.82) is 0 Å². The molecule has 1 rings (SSSR count). The predicted molar refractivity (Wildman–Crippen MR) is 44.1 cm³/mol. The molecule has 0 aliphatic carbocycles. The first-order valence-electron chi connectivity index (χ1n) is 3.74. The summed E-state index contributed by atoms with van der Waals surface area (Å²) >= 11 is 0. The second-order valence-electron chi connectivity index (χ2n) is 2.49. The van der Waals surface area contributed by atoms with Gasteiger partial charge in [0.1, 0.15) is 0 Å². The number of aromatic nitrogens is 2. The third-order valence-corrected chi connectivity index (χ3v) is 1.57. The second-order valence-corrected chi connectivity index (χ2v) is 2.49. The first-order chi connectivity index (χ1) is 5.34. The van der Waals surface area contributed by atoms with Gasteiger partial charge >= 0.3 is 0 Å². The smallest absolute Gasteiger partial charge is 0.0535 e. The molecular formula is C7H14N4. The third kappa shape index (κ3) is 2.32. The van der Waals surface area contributed by atoms with E-state index in [2.05, 4.69) is 15.5 Å². The van der Waals surface area contributed by atoms with Crippen LogP contribution >= 0.6 is 0 Å². The van der Waals surface area contributed by atoms with Crippen LogP contribution in [0.4, 0.5) is 0 Å². The number of nitrogens with one attached hydrogen (secondary N) is 2. The normalized spacial score (nSPS) is 10.4. The molecule has 62 valence electrons. The number of rotatable bonds is 4. The molecule has 0 aliphatic rings. The average molecular weight is 154 g/mol. The van der Waals surface area contributed by atoms with E-state index in [0.717, 1.165) is 18.8 Å². The molecule has 1 aromatic heterocycles. The van der Waals surface area contributed by atoms with Crippen molar-refractivity contribution < 1.29 is 0 Å². The molecule has 0 aromatic carbocycles. The molecule has 0 saturated heterocycles. The summed E-state index contributed by atoms with van der Waals surface area (Å²) in [5.41, 5.74) is 7.65. The van der Waals surface area contributed by atoms with Gasteiger partial charge in [-0.3, -0.25) is 5.10 Å². The maximum Gasteiger partial charge on any atom is 0.0535 e. The van der Waals surface area contributed by atoms with Crippen LogP contribution in [-0.4, -0.2) is 23.3 Å². The lowest BCUT2D eigenvalue weighted by Crippen LogP contribution is -2.21. The number of nitrogens with two attached hydrogens (primary N) is 1. The minimum Gasteiger partial charge on any atom is -0.329 e. The van der Waals surface area contributed by atoms with Crippen molar-refractivity contribution in [3.05, 3.63) is 17.5 Å². The second kappa shape index (κ2) is 4.10. The lowest BCUT2D eigenvalue weighted by atomic mass is 10.3. The zero-order valence-electron chi connectivity index (χ0n) is 6.72. The fraction of sp³-hybridized carbons (Fsp3) is 0.571. The van der Waals surface area contributed by atoms with Crippen molar-refractivity contribution in [1.82, 2.24) is 15.5 Å². The van der Waals surface area contributed by atoms with Crippen LogP contribution in [0.5, 0.6) is 0 Å². The number of H-pyrrole nitrogens is 1. The van der Waals surface area contributed by atoms with Gasteiger partial charge in [0.15, 0.2) is 0 Å². The minimum absolute atomic E-state index is 0.677. The van der Waals surface area contributed by atoms with Gasteiger partial charge in [-0.25, -0.2) is 0 Å². The van der Waals surface area contributed by atoms with Crippen molar-refractivity contribution in [3.8, 4) is 0 Å². The number of aryl methyl sites for hydroxylation is 1. The first-order valence-corrected chi connectivity index (χ1v) is 3.74. The highest BCUT2D eigenvalue weighted by Crippen LogP contribution is 2.00. The third-order valence-electron chi connectivity index (χ3n) is 1.57. The molecule has 0 spiro atoms. The van der Waals surface area contributed by atoms with E-state index in [9.17, 15) is 0 Å². The van der Waals surface area contributed by atoms with Crippen LogP contribution in [0, 0.1) is 6.92 Å². The molecular weight excluding hydrogens is 140 g/mol.